The van der Waals surface area contributed by atoms with Crippen molar-refractivity contribution in [1.29, 1.82) is 0 Å². The summed E-state index contributed by atoms with van der Waals surface area (Å²) in [5, 5.41) is 3.34. The summed E-state index contributed by atoms with van der Waals surface area (Å²) in [7, 11) is 1.90. The first-order chi connectivity index (χ1) is 11.2. The van der Waals surface area contributed by atoms with Crippen LogP contribution in [0.25, 0.3) is 0 Å². The van der Waals surface area contributed by atoms with Crippen molar-refractivity contribution in [2.24, 2.45) is 0 Å². The number of ether oxygens (including phenoxy) is 1. The van der Waals surface area contributed by atoms with Crippen LogP contribution in [0.3, 0.4) is 0 Å². The standard InChI is InChI=1S/C18H27N3O2/c1-20(18(22)12-16-14-23-11-8-19-16)13-15-6-2-3-7-17(15)21-9-4-5-10-21/h2-3,6-7,16,19H,4-5,8-14H2,1H3. The van der Waals surface area contributed by atoms with Gasteiger partial charge in [0.25, 0.3) is 0 Å². The van der Waals surface area contributed by atoms with Crippen molar-refractivity contribution in [1.82, 2.24) is 10.2 Å². The highest BCUT2D eigenvalue weighted by Crippen LogP contribution is 2.25. The molecule has 0 spiro atoms. The fourth-order valence-corrected chi connectivity index (χ4v) is 3.37. The number of carbonyl (C=O) groups is 1. The van der Waals surface area contributed by atoms with E-state index in [2.05, 4.69) is 34.5 Å². The monoisotopic (exact) mass is 317 g/mol. The van der Waals surface area contributed by atoms with Crippen LogP contribution < -0.4 is 10.2 Å². The van der Waals surface area contributed by atoms with Crippen LogP contribution >= 0.6 is 0 Å². The fraction of sp³-hybridized carbons (Fsp3) is 0.611. The molecule has 1 unspecified atom stereocenters. The number of nitrogens with one attached hydrogen (secondary N) is 1. The number of hydrogen-bond donors (Lipinski definition) is 1. The van der Waals surface area contributed by atoms with Gasteiger partial charge in [0.1, 0.15) is 0 Å². The number of morpholine rings is 1. The molecule has 5 nitrogen and oxygen atoms in total. The van der Waals surface area contributed by atoms with Gasteiger partial charge in [-0.25, -0.2) is 0 Å². The lowest BCUT2D eigenvalue weighted by Gasteiger charge is -2.27. The molecule has 5 heteroatoms. The van der Waals surface area contributed by atoms with E-state index in [4.69, 9.17) is 4.74 Å². The second-order valence-electron chi connectivity index (χ2n) is 6.50. The quantitative estimate of drug-likeness (QED) is 0.896. The first kappa shape index (κ1) is 16.3. The molecule has 1 aromatic rings. The molecule has 1 N–H and O–H groups in total. The van der Waals surface area contributed by atoms with E-state index in [1.54, 1.807) is 0 Å². The van der Waals surface area contributed by atoms with E-state index in [1.165, 1.54) is 24.1 Å². The lowest BCUT2D eigenvalue weighted by molar-refractivity contribution is -0.131. The molecule has 1 aromatic carbocycles. The van der Waals surface area contributed by atoms with Crippen molar-refractivity contribution in [2.75, 3.05) is 44.8 Å². The summed E-state index contributed by atoms with van der Waals surface area (Å²) in [6, 6.07) is 8.61. The zero-order valence-electron chi connectivity index (χ0n) is 14.0. The summed E-state index contributed by atoms with van der Waals surface area (Å²) in [5.74, 6) is 0.171. The predicted molar refractivity (Wildman–Crippen MR) is 91.6 cm³/mol. The molecule has 23 heavy (non-hydrogen) atoms. The minimum Gasteiger partial charge on any atom is -0.378 e. The van der Waals surface area contributed by atoms with E-state index in [0.29, 0.717) is 19.6 Å². The zero-order chi connectivity index (χ0) is 16.1. The fourth-order valence-electron chi connectivity index (χ4n) is 3.37. The minimum absolute atomic E-state index is 0.146. The van der Waals surface area contributed by atoms with Crippen molar-refractivity contribution in [3.05, 3.63) is 29.8 Å². The molecular weight excluding hydrogens is 290 g/mol. The molecule has 0 radical (unpaired) electrons. The van der Waals surface area contributed by atoms with Crippen LogP contribution in [0.5, 0.6) is 0 Å². The summed E-state index contributed by atoms with van der Waals surface area (Å²) in [4.78, 5) is 16.7. The number of nitrogens with zero attached hydrogens (tertiary/aromatic N) is 2. The Bertz CT molecular complexity index is 523. The van der Waals surface area contributed by atoms with Crippen molar-refractivity contribution in [3.8, 4) is 0 Å². The van der Waals surface area contributed by atoms with Gasteiger partial charge in [0.05, 0.1) is 13.2 Å². The molecule has 2 fully saturated rings. The lowest BCUT2D eigenvalue weighted by Crippen LogP contribution is -2.44. The van der Waals surface area contributed by atoms with Crippen LogP contribution in [0, 0.1) is 0 Å². The molecule has 3 rings (SSSR count). The lowest BCUT2D eigenvalue weighted by atomic mass is 10.1. The highest BCUT2D eigenvalue weighted by atomic mass is 16.5. The van der Waals surface area contributed by atoms with Gasteiger partial charge in [-0.05, 0) is 24.5 Å². The Hall–Kier alpha value is -1.59. The van der Waals surface area contributed by atoms with Crippen LogP contribution in [0.1, 0.15) is 24.8 Å². The molecule has 0 aliphatic carbocycles. The normalized spacial score (nSPS) is 21.4. The van der Waals surface area contributed by atoms with Crippen LogP contribution in [0.2, 0.25) is 0 Å². The molecule has 2 heterocycles. The highest BCUT2D eigenvalue weighted by molar-refractivity contribution is 5.76. The van der Waals surface area contributed by atoms with Crippen molar-refractivity contribution in [3.63, 3.8) is 0 Å². The number of benzene rings is 1. The number of amides is 1. The predicted octanol–water partition coefficient (Wildman–Crippen LogP) is 1.62. The summed E-state index contributed by atoms with van der Waals surface area (Å²) in [5.41, 5.74) is 2.52. The third kappa shape index (κ3) is 4.24. The van der Waals surface area contributed by atoms with Crippen LogP contribution in [-0.4, -0.2) is 56.7 Å². The second kappa shape index (κ2) is 7.79. The van der Waals surface area contributed by atoms with Crippen molar-refractivity contribution in [2.45, 2.75) is 31.8 Å². The minimum atomic E-state index is 0.146. The number of carbonyl (C=O) groups excluding carboxylic acids is 1. The molecule has 1 atom stereocenters. The molecular formula is C18H27N3O2. The maximum absolute atomic E-state index is 12.5. The summed E-state index contributed by atoms with van der Waals surface area (Å²) >= 11 is 0. The number of hydrogen-bond acceptors (Lipinski definition) is 4. The smallest absolute Gasteiger partial charge is 0.224 e. The summed E-state index contributed by atoms with van der Waals surface area (Å²) < 4.78 is 5.43. The van der Waals surface area contributed by atoms with E-state index in [9.17, 15) is 4.79 Å². The van der Waals surface area contributed by atoms with E-state index in [1.807, 2.05) is 11.9 Å². The Kier molecular flexibility index (Phi) is 5.51. The van der Waals surface area contributed by atoms with Gasteiger partial charge in [0.15, 0.2) is 0 Å². The maximum atomic E-state index is 12.5. The van der Waals surface area contributed by atoms with Gasteiger partial charge in [-0.15, -0.1) is 0 Å². The van der Waals surface area contributed by atoms with Crippen molar-refractivity contribution >= 4 is 11.6 Å². The molecule has 2 aliphatic heterocycles. The van der Waals surface area contributed by atoms with Crippen LogP contribution in [-0.2, 0) is 16.1 Å². The topological polar surface area (TPSA) is 44.8 Å². The SMILES string of the molecule is CN(Cc1ccccc1N1CCCC1)C(=O)CC1COCCN1. The molecule has 0 saturated carbocycles. The van der Waals surface area contributed by atoms with Gasteiger partial charge in [-0.2, -0.15) is 0 Å². The number of anilines is 1. The van der Waals surface area contributed by atoms with Gasteiger partial charge in [-0.1, -0.05) is 18.2 Å². The molecule has 0 aromatic heterocycles. The molecule has 1 amide bonds. The van der Waals surface area contributed by atoms with Gasteiger partial charge in [0.2, 0.25) is 5.91 Å². The third-order valence-electron chi connectivity index (χ3n) is 4.69. The van der Waals surface area contributed by atoms with Crippen LogP contribution in [0.15, 0.2) is 24.3 Å². The Labute approximate surface area is 138 Å². The first-order valence-electron chi connectivity index (χ1n) is 8.62. The maximum Gasteiger partial charge on any atom is 0.224 e. The van der Waals surface area contributed by atoms with E-state index >= 15 is 0 Å². The summed E-state index contributed by atoms with van der Waals surface area (Å²) in [6.07, 6.45) is 3.02. The Morgan fingerprint density at radius 3 is 2.87 bits per heavy atom. The number of para-hydroxylation sites is 1. The van der Waals surface area contributed by atoms with Crippen molar-refractivity contribution < 1.29 is 9.53 Å². The van der Waals surface area contributed by atoms with Gasteiger partial charge >= 0.3 is 0 Å². The van der Waals surface area contributed by atoms with Crippen LogP contribution in [0.4, 0.5) is 5.69 Å². The number of rotatable bonds is 5. The van der Waals surface area contributed by atoms with E-state index < -0.39 is 0 Å². The summed E-state index contributed by atoms with van der Waals surface area (Å²) in [6.45, 7) is 5.11. The van der Waals surface area contributed by atoms with Gasteiger partial charge in [-0.3, -0.25) is 4.79 Å². The average molecular weight is 317 g/mol. The molecule has 2 saturated heterocycles. The Morgan fingerprint density at radius 1 is 1.35 bits per heavy atom. The first-order valence-corrected chi connectivity index (χ1v) is 8.62. The van der Waals surface area contributed by atoms with E-state index in [0.717, 1.165) is 26.2 Å². The zero-order valence-corrected chi connectivity index (χ0v) is 14.0. The molecule has 126 valence electrons. The Morgan fingerprint density at radius 2 is 2.13 bits per heavy atom. The van der Waals surface area contributed by atoms with E-state index in [-0.39, 0.29) is 11.9 Å². The third-order valence-corrected chi connectivity index (χ3v) is 4.69. The largest absolute Gasteiger partial charge is 0.378 e. The molecule has 2 aliphatic rings. The molecule has 0 bridgehead atoms. The highest BCUT2D eigenvalue weighted by Gasteiger charge is 2.21. The van der Waals surface area contributed by atoms with Gasteiger partial charge < -0.3 is 19.9 Å². The Balaban J connectivity index is 1.60. The van der Waals surface area contributed by atoms with Gasteiger partial charge in [0, 0.05) is 51.4 Å². The average Bonchev–Trinajstić information content (AvgIpc) is 3.10. The second-order valence-corrected chi connectivity index (χ2v) is 6.50.